The van der Waals surface area contributed by atoms with Crippen molar-refractivity contribution in [2.45, 2.75) is 6.54 Å². The van der Waals surface area contributed by atoms with Gasteiger partial charge in [0, 0.05) is 11.0 Å². The van der Waals surface area contributed by atoms with Crippen molar-refractivity contribution < 1.29 is 4.79 Å². The van der Waals surface area contributed by atoms with Crippen LogP contribution < -0.4 is 5.32 Å². The summed E-state index contributed by atoms with van der Waals surface area (Å²) in [6, 6.07) is 7.72. The summed E-state index contributed by atoms with van der Waals surface area (Å²) in [6.45, 7) is 0.465. The normalized spacial score (nSPS) is 10.1. The maximum atomic E-state index is 11.5. The Balaban J connectivity index is 1.93. The molecule has 1 heterocycles. The van der Waals surface area contributed by atoms with E-state index in [0.29, 0.717) is 6.54 Å². The highest BCUT2D eigenvalue weighted by Gasteiger charge is 2.07. The van der Waals surface area contributed by atoms with E-state index in [-0.39, 0.29) is 11.7 Å². The van der Waals surface area contributed by atoms with Crippen LogP contribution in [0.3, 0.4) is 0 Å². The number of aromatic nitrogens is 3. The van der Waals surface area contributed by atoms with E-state index >= 15 is 0 Å². The second-order valence-corrected chi connectivity index (χ2v) is 4.06. The Morgan fingerprint density at radius 2 is 2.12 bits per heavy atom. The van der Waals surface area contributed by atoms with Crippen LogP contribution in [-0.2, 0) is 6.54 Å². The lowest BCUT2D eigenvalue weighted by Crippen LogP contribution is -2.23. The highest BCUT2D eigenvalue weighted by molar-refractivity contribution is 9.10. The van der Waals surface area contributed by atoms with E-state index < -0.39 is 0 Å². The molecule has 0 unspecified atom stereocenters. The van der Waals surface area contributed by atoms with Gasteiger partial charge in [-0.2, -0.15) is 5.10 Å². The number of nitrogens with one attached hydrogen (secondary N) is 2. The number of carbonyl (C=O) groups is 1. The standard InChI is InChI=1S/C10H9BrN4O/c11-8-3-1-7(2-4-8)5-12-10(16)9-13-6-14-15-9/h1-4,6H,5H2,(H,12,16)(H,13,14,15). The summed E-state index contributed by atoms with van der Waals surface area (Å²) in [6.07, 6.45) is 1.30. The number of H-pyrrole nitrogens is 1. The Hall–Kier alpha value is -1.69. The third-order valence-corrected chi connectivity index (χ3v) is 2.53. The van der Waals surface area contributed by atoms with E-state index in [2.05, 4.69) is 36.4 Å². The summed E-state index contributed by atoms with van der Waals surface area (Å²) in [7, 11) is 0. The van der Waals surface area contributed by atoms with Gasteiger partial charge in [-0.05, 0) is 17.7 Å². The maximum absolute atomic E-state index is 11.5. The van der Waals surface area contributed by atoms with Crippen molar-refractivity contribution in [1.82, 2.24) is 20.5 Å². The van der Waals surface area contributed by atoms with Crippen LogP contribution in [0.2, 0.25) is 0 Å². The molecule has 5 nitrogen and oxygen atoms in total. The number of halogens is 1. The molecule has 16 heavy (non-hydrogen) atoms. The molecule has 0 aliphatic carbocycles. The maximum Gasteiger partial charge on any atom is 0.288 e. The Morgan fingerprint density at radius 3 is 2.75 bits per heavy atom. The number of amides is 1. The zero-order valence-corrected chi connectivity index (χ0v) is 9.86. The molecule has 2 aromatic rings. The van der Waals surface area contributed by atoms with Gasteiger partial charge in [-0.3, -0.25) is 9.89 Å². The van der Waals surface area contributed by atoms with Gasteiger partial charge in [0.05, 0.1) is 0 Å². The van der Waals surface area contributed by atoms with Crippen LogP contribution in [0.15, 0.2) is 35.1 Å². The molecule has 2 rings (SSSR count). The molecule has 0 bridgehead atoms. The molecule has 82 valence electrons. The lowest BCUT2D eigenvalue weighted by Gasteiger charge is -2.02. The number of benzene rings is 1. The topological polar surface area (TPSA) is 70.7 Å². The van der Waals surface area contributed by atoms with E-state index in [4.69, 9.17) is 0 Å². The number of hydrogen-bond acceptors (Lipinski definition) is 3. The molecular formula is C10H9BrN4O. The molecule has 0 fully saturated rings. The van der Waals surface area contributed by atoms with Crippen molar-refractivity contribution in [2.75, 3.05) is 0 Å². The van der Waals surface area contributed by atoms with Crippen molar-refractivity contribution in [3.05, 3.63) is 46.5 Å². The SMILES string of the molecule is O=C(NCc1ccc(Br)cc1)c1ncn[nH]1. The number of aromatic amines is 1. The van der Waals surface area contributed by atoms with Crippen LogP contribution in [0.4, 0.5) is 0 Å². The highest BCUT2D eigenvalue weighted by atomic mass is 79.9. The quantitative estimate of drug-likeness (QED) is 0.895. The minimum atomic E-state index is -0.264. The molecule has 0 aliphatic rings. The van der Waals surface area contributed by atoms with E-state index in [1.165, 1.54) is 6.33 Å². The molecule has 2 N–H and O–H groups in total. The van der Waals surface area contributed by atoms with Gasteiger partial charge in [0.15, 0.2) is 0 Å². The summed E-state index contributed by atoms with van der Waals surface area (Å²) in [5.74, 6) is -0.0440. The fourth-order valence-electron chi connectivity index (χ4n) is 1.18. The highest BCUT2D eigenvalue weighted by Crippen LogP contribution is 2.10. The van der Waals surface area contributed by atoms with Crippen molar-refractivity contribution in [3.63, 3.8) is 0 Å². The first-order valence-electron chi connectivity index (χ1n) is 4.64. The predicted molar refractivity (Wildman–Crippen MR) is 61.7 cm³/mol. The first-order chi connectivity index (χ1) is 7.75. The van der Waals surface area contributed by atoms with E-state index in [9.17, 15) is 4.79 Å². The number of carbonyl (C=O) groups excluding carboxylic acids is 1. The van der Waals surface area contributed by atoms with E-state index in [0.717, 1.165) is 10.0 Å². The monoisotopic (exact) mass is 280 g/mol. The van der Waals surface area contributed by atoms with Gasteiger partial charge in [-0.1, -0.05) is 28.1 Å². The minimum absolute atomic E-state index is 0.220. The molecule has 0 spiro atoms. The molecule has 0 radical (unpaired) electrons. The van der Waals surface area contributed by atoms with Gasteiger partial charge in [-0.15, -0.1) is 0 Å². The molecule has 6 heteroatoms. The number of hydrogen-bond donors (Lipinski definition) is 2. The first kappa shape index (κ1) is 10.8. The van der Waals surface area contributed by atoms with Crippen LogP contribution >= 0.6 is 15.9 Å². The Bertz CT molecular complexity index is 466. The van der Waals surface area contributed by atoms with E-state index in [1.54, 1.807) is 0 Å². The number of rotatable bonds is 3. The molecule has 0 atom stereocenters. The van der Waals surface area contributed by atoms with Gasteiger partial charge in [0.25, 0.3) is 5.91 Å². The fraction of sp³-hybridized carbons (Fsp3) is 0.100. The molecule has 0 aliphatic heterocycles. The fourth-order valence-corrected chi connectivity index (χ4v) is 1.45. The lowest BCUT2D eigenvalue weighted by molar-refractivity contribution is 0.0941. The Kier molecular flexibility index (Phi) is 3.31. The van der Waals surface area contributed by atoms with Crippen LogP contribution in [0.1, 0.15) is 16.2 Å². The zero-order chi connectivity index (χ0) is 11.4. The summed E-state index contributed by atoms with van der Waals surface area (Å²) in [5.41, 5.74) is 1.02. The second-order valence-electron chi connectivity index (χ2n) is 3.14. The van der Waals surface area contributed by atoms with Crippen LogP contribution in [-0.4, -0.2) is 21.1 Å². The Morgan fingerprint density at radius 1 is 1.38 bits per heavy atom. The van der Waals surface area contributed by atoms with E-state index in [1.807, 2.05) is 24.3 Å². The van der Waals surface area contributed by atoms with Gasteiger partial charge in [0.2, 0.25) is 5.82 Å². The van der Waals surface area contributed by atoms with Gasteiger partial charge in [-0.25, -0.2) is 4.98 Å². The smallest absolute Gasteiger partial charge is 0.288 e. The van der Waals surface area contributed by atoms with Crippen molar-refractivity contribution in [2.24, 2.45) is 0 Å². The average Bonchev–Trinajstić information content (AvgIpc) is 2.81. The van der Waals surface area contributed by atoms with Crippen LogP contribution in [0, 0.1) is 0 Å². The largest absolute Gasteiger partial charge is 0.345 e. The summed E-state index contributed by atoms with van der Waals surface area (Å²) < 4.78 is 1.01. The number of nitrogens with zero attached hydrogens (tertiary/aromatic N) is 2. The molecule has 1 aromatic heterocycles. The molecule has 0 saturated carbocycles. The molecular weight excluding hydrogens is 272 g/mol. The third-order valence-electron chi connectivity index (χ3n) is 2.00. The van der Waals surface area contributed by atoms with Gasteiger partial charge in [0.1, 0.15) is 6.33 Å². The Labute approximate surface area is 100 Å². The lowest BCUT2D eigenvalue weighted by atomic mass is 10.2. The summed E-state index contributed by atoms with van der Waals surface area (Å²) in [4.78, 5) is 15.2. The predicted octanol–water partition coefficient (Wildman–Crippen LogP) is 1.50. The summed E-state index contributed by atoms with van der Waals surface area (Å²) >= 11 is 3.35. The van der Waals surface area contributed by atoms with Crippen LogP contribution in [0.5, 0.6) is 0 Å². The van der Waals surface area contributed by atoms with Crippen molar-refractivity contribution >= 4 is 21.8 Å². The van der Waals surface area contributed by atoms with Crippen LogP contribution in [0.25, 0.3) is 0 Å². The minimum Gasteiger partial charge on any atom is -0.345 e. The summed E-state index contributed by atoms with van der Waals surface area (Å²) in [5, 5.41) is 8.84. The van der Waals surface area contributed by atoms with Crippen molar-refractivity contribution in [3.8, 4) is 0 Å². The van der Waals surface area contributed by atoms with Gasteiger partial charge >= 0.3 is 0 Å². The average molecular weight is 281 g/mol. The molecule has 0 saturated heterocycles. The van der Waals surface area contributed by atoms with Crippen molar-refractivity contribution in [1.29, 1.82) is 0 Å². The molecule has 1 amide bonds. The first-order valence-corrected chi connectivity index (χ1v) is 5.43. The molecule has 1 aromatic carbocycles. The van der Waals surface area contributed by atoms with Gasteiger partial charge < -0.3 is 5.32 Å². The third kappa shape index (κ3) is 2.66. The second kappa shape index (κ2) is 4.89. The zero-order valence-electron chi connectivity index (χ0n) is 8.27.